The Morgan fingerprint density at radius 1 is 1.13 bits per heavy atom. The summed E-state index contributed by atoms with van der Waals surface area (Å²) in [5.74, 6) is 0.186. The van der Waals surface area contributed by atoms with Gasteiger partial charge in [-0.15, -0.1) is 0 Å². The third kappa shape index (κ3) is 6.82. The Morgan fingerprint density at radius 2 is 1.77 bits per heavy atom. The molecule has 0 heterocycles. The van der Waals surface area contributed by atoms with Crippen molar-refractivity contribution in [1.29, 1.82) is 0 Å². The quantitative estimate of drug-likeness (QED) is 0.569. The van der Waals surface area contributed by atoms with Crippen LogP contribution >= 0.6 is 15.9 Å². The standard InChI is InChI=1S/C25H33BrN2O3/c1-7-21(24(30)27-6)28(15-18-10-8-17(2)9-11-18)23(29)16-31-22-13-12-19(14-20(22)26)25(3,4)5/h8-14,21H,7,15-16H2,1-6H3,(H,27,30)/t21-/m0/s1. The van der Waals surface area contributed by atoms with E-state index in [0.29, 0.717) is 18.7 Å². The normalized spacial score (nSPS) is 12.2. The number of hydrogen-bond donors (Lipinski definition) is 1. The van der Waals surface area contributed by atoms with Crippen molar-refractivity contribution >= 4 is 27.7 Å². The summed E-state index contributed by atoms with van der Waals surface area (Å²) in [7, 11) is 1.59. The molecule has 5 nitrogen and oxygen atoms in total. The second kappa shape index (κ2) is 10.8. The summed E-state index contributed by atoms with van der Waals surface area (Å²) in [6.07, 6.45) is 0.515. The SMILES string of the molecule is CC[C@@H](C(=O)NC)N(Cc1ccc(C)cc1)C(=O)COc1ccc(C(C)(C)C)cc1Br. The predicted molar refractivity (Wildman–Crippen MR) is 128 cm³/mol. The molecule has 0 aliphatic rings. The first-order valence-corrected chi connectivity index (χ1v) is 11.4. The number of ether oxygens (including phenoxy) is 1. The number of carbonyl (C=O) groups excluding carboxylic acids is 2. The Morgan fingerprint density at radius 3 is 2.29 bits per heavy atom. The van der Waals surface area contributed by atoms with Gasteiger partial charge in [0.05, 0.1) is 4.47 Å². The van der Waals surface area contributed by atoms with E-state index in [9.17, 15) is 9.59 Å². The van der Waals surface area contributed by atoms with E-state index in [4.69, 9.17) is 4.74 Å². The average molecular weight is 489 g/mol. The van der Waals surface area contributed by atoms with E-state index in [0.717, 1.165) is 15.6 Å². The monoisotopic (exact) mass is 488 g/mol. The summed E-state index contributed by atoms with van der Waals surface area (Å²) in [4.78, 5) is 27.2. The fourth-order valence-corrected chi connectivity index (χ4v) is 3.78. The average Bonchev–Trinajstić information content (AvgIpc) is 2.72. The first kappa shape index (κ1) is 24.9. The maximum Gasteiger partial charge on any atom is 0.261 e. The molecule has 0 spiro atoms. The Bertz CT molecular complexity index is 904. The highest BCUT2D eigenvalue weighted by Crippen LogP contribution is 2.31. The molecule has 31 heavy (non-hydrogen) atoms. The fourth-order valence-electron chi connectivity index (χ4n) is 3.28. The number of amides is 2. The van der Waals surface area contributed by atoms with E-state index in [1.165, 1.54) is 5.56 Å². The van der Waals surface area contributed by atoms with Crippen LogP contribution in [0.3, 0.4) is 0 Å². The number of aryl methyl sites for hydroxylation is 1. The van der Waals surface area contributed by atoms with E-state index in [1.807, 2.05) is 56.3 Å². The largest absolute Gasteiger partial charge is 0.483 e. The van der Waals surface area contributed by atoms with Crippen LogP contribution < -0.4 is 10.1 Å². The van der Waals surface area contributed by atoms with Gasteiger partial charge in [0.1, 0.15) is 11.8 Å². The van der Waals surface area contributed by atoms with Crippen LogP contribution in [-0.2, 0) is 21.5 Å². The Balaban J connectivity index is 2.20. The highest BCUT2D eigenvalue weighted by atomic mass is 79.9. The minimum atomic E-state index is -0.561. The molecule has 2 rings (SSSR count). The predicted octanol–water partition coefficient (Wildman–Crippen LogP) is 4.99. The molecule has 0 radical (unpaired) electrons. The van der Waals surface area contributed by atoms with Gasteiger partial charge in [-0.3, -0.25) is 9.59 Å². The van der Waals surface area contributed by atoms with E-state index < -0.39 is 6.04 Å². The van der Waals surface area contributed by atoms with E-state index in [-0.39, 0.29) is 23.8 Å². The molecule has 6 heteroatoms. The summed E-state index contributed by atoms with van der Waals surface area (Å²) < 4.78 is 6.64. The highest BCUT2D eigenvalue weighted by molar-refractivity contribution is 9.10. The zero-order valence-corrected chi connectivity index (χ0v) is 20.9. The van der Waals surface area contributed by atoms with Crippen LogP contribution in [0.5, 0.6) is 5.75 Å². The summed E-state index contributed by atoms with van der Waals surface area (Å²) in [5.41, 5.74) is 3.30. The number of rotatable bonds is 8. The number of hydrogen-bond acceptors (Lipinski definition) is 3. The summed E-state index contributed by atoms with van der Waals surface area (Å²) >= 11 is 3.55. The summed E-state index contributed by atoms with van der Waals surface area (Å²) in [6, 6.07) is 13.3. The van der Waals surface area contributed by atoms with Crippen molar-refractivity contribution in [2.75, 3.05) is 13.7 Å². The van der Waals surface area contributed by atoms with Gasteiger partial charge >= 0.3 is 0 Å². The molecule has 0 bridgehead atoms. The van der Waals surface area contributed by atoms with Gasteiger partial charge in [0, 0.05) is 13.6 Å². The lowest BCUT2D eigenvalue weighted by atomic mass is 9.87. The zero-order valence-electron chi connectivity index (χ0n) is 19.3. The van der Waals surface area contributed by atoms with E-state index in [1.54, 1.807) is 11.9 Å². The minimum Gasteiger partial charge on any atom is -0.483 e. The van der Waals surface area contributed by atoms with Crippen LogP contribution in [0, 0.1) is 6.92 Å². The first-order valence-electron chi connectivity index (χ1n) is 10.6. The van der Waals surface area contributed by atoms with Crippen molar-refractivity contribution in [2.45, 2.75) is 59.0 Å². The Hall–Kier alpha value is -2.34. The molecule has 2 aromatic carbocycles. The van der Waals surface area contributed by atoms with Gasteiger partial charge in [0.25, 0.3) is 5.91 Å². The lowest BCUT2D eigenvalue weighted by Gasteiger charge is -2.30. The van der Waals surface area contributed by atoms with Gasteiger partial charge in [-0.1, -0.05) is 63.6 Å². The number of benzene rings is 2. The van der Waals surface area contributed by atoms with Crippen LogP contribution in [0.25, 0.3) is 0 Å². The van der Waals surface area contributed by atoms with E-state index >= 15 is 0 Å². The van der Waals surface area contributed by atoms with Crippen LogP contribution in [-0.4, -0.2) is 36.4 Å². The maximum atomic E-state index is 13.2. The zero-order chi connectivity index (χ0) is 23.2. The molecular weight excluding hydrogens is 456 g/mol. The third-order valence-electron chi connectivity index (χ3n) is 5.25. The van der Waals surface area contributed by atoms with Gasteiger partial charge in [-0.2, -0.15) is 0 Å². The molecule has 0 saturated heterocycles. The van der Waals surface area contributed by atoms with Crippen molar-refractivity contribution < 1.29 is 14.3 Å². The number of likely N-dealkylation sites (N-methyl/N-ethyl adjacent to an activating group) is 1. The molecule has 0 unspecified atom stereocenters. The van der Waals surface area contributed by atoms with Crippen molar-refractivity contribution in [3.8, 4) is 5.75 Å². The van der Waals surface area contributed by atoms with Gasteiger partial charge in [-0.05, 0) is 57.9 Å². The molecule has 0 fully saturated rings. The molecule has 0 saturated carbocycles. The molecular formula is C25H33BrN2O3. The van der Waals surface area contributed by atoms with Crippen molar-refractivity contribution in [3.63, 3.8) is 0 Å². The maximum absolute atomic E-state index is 13.2. The fraction of sp³-hybridized carbons (Fsp3) is 0.440. The summed E-state index contributed by atoms with van der Waals surface area (Å²) in [6.45, 7) is 10.6. The second-order valence-corrected chi connectivity index (χ2v) is 9.58. The minimum absolute atomic E-state index is 0.0174. The van der Waals surface area contributed by atoms with E-state index in [2.05, 4.69) is 42.0 Å². The van der Waals surface area contributed by atoms with Crippen LogP contribution in [0.4, 0.5) is 0 Å². The number of nitrogens with zero attached hydrogens (tertiary/aromatic N) is 1. The van der Waals surface area contributed by atoms with Crippen molar-refractivity contribution in [1.82, 2.24) is 10.2 Å². The molecule has 168 valence electrons. The third-order valence-corrected chi connectivity index (χ3v) is 5.87. The Labute approximate surface area is 194 Å². The summed E-state index contributed by atoms with van der Waals surface area (Å²) in [5, 5.41) is 2.67. The Kier molecular flexibility index (Phi) is 8.69. The molecule has 1 N–H and O–H groups in total. The van der Waals surface area contributed by atoms with Gasteiger partial charge in [-0.25, -0.2) is 0 Å². The van der Waals surface area contributed by atoms with Crippen LogP contribution in [0.1, 0.15) is 50.8 Å². The van der Waals surface area contributed by atoms with Crippen LogP contribution in [0.15, 0.2) is 46.9 Å². The molecule has 0 aliphatic carbocycles. The molecule has 0 aromatic heterocycles. The highest BCUT2D eigenvalue weighted by Gasteiger charge is 2.28. The molecule has 1 atom stereocenters. The van der Waals surface area contributed by atoms with Gasteiger partial charge in [0.2, 0.25) is 5.91 Å². The lowest BCUT2D eigenvalue weighted by Crippen LogP contribution is -2.49. The molecule has 2 aromatic rings. The van der Waals surface area contributed by atoms with Gasteiger partial charge < -0.3 is 15.0 Å². The van der Waals surface area contributed by atoms with Crippen molar-refractivity contribution in [2.24, 2.45) is 0 Å². The smallest absolute Gasteiger partial charge is 0.261 e. The topological polar surface area (TPSA) is 58.6 Å². The van der Waals surface area contributed by atoms with Crippen LogP contribution in [0.2, 0.25) is 0 Å². The van der Waals surface area contributed by atoms with Crippen molar-refractivity contribution in [3.05, 3.63) is 63.6 Å². The number of nitrogens with one attached hydrogen (secondary N) is 1. The number of halogens is 1. The first-order chi connectivity index (χ1) is 14.6. The molecule has 2 amide bonds. The van der Waals surface area contributed by atoms with Gasteiger partial charge in [0.15, 0.2) is 6.61 Å². The second-order valence-electron chi connectivity index (χ2n) is 8.73. The number of carbonyl (C=O) groups is 2. The lowest BCUT2D eigenvalue weighted by molar-refractivity contribution is -0.142. The molecule has 0 aliphatic heterocycles.